The molecule has 0 atom stereocenters. The number of carbonyl (C=O) groups excluding carboxylic acids is 2. The molecule has 0 aromatic heterocycles. The lowest BCUT2D eigenvalue weighted by atomic mass is 10.2. The van der Waals surface area contributed by atoms with E-state index < -0.39 is 5.97 Å². The first-order valence-corrected chi connectivity index (χ1v) is 8.91. The van der Waals surface area contributed by atoms with Gasteiger partial charge in [0.1, 0.15) is 0 Å². The van der Waals surface area contributed by atoms with Gasteiger partial charge in [0.2, 0.25) is 0 Å². The van der Waals surface area contributed by atoms with E-state index in [1.165, 1.54) is 7.11 Å². The van der Waals surface area contributed by atoms with Crippen molar-refractivity contribution in [3.63, 3.8) is 0 Å². The van der Waals surface area contributed by atoms with Crippen molar-refractivity contribution in [2.45, 2.75) is 51.5 Å². The summed E-state index contributed by atoms with van der Waals surface area (Å²) < 4.78 is 16.0. The third-order valence-electron chi connectivity index (χ3n) is 4.21. The van der Waals surface area contributed by atoms with Crippen LogP contribution in [0.15, 0.2) is 18.2 Å². The van der Waals surface area contributed by atoms with Crippen molar-refractivity contribution in [1.82, 2.24) is 5.32 Å². The van der Waals surface area contributed by atoms with Crippen molar-refractivity contribution >= 4 is 11.9 Å². The number of hydrogen-bond donors (Lipinski definition) is 1. The molecule has 6 nitrogen and oxygen atoms in total. The van der Waals surface area contributed by atoms with Crippen LogP contribution < -0.4 is 14.8 Å². The van der Waals surface area contributed by atoms with Crippen LogP contribution in [0.3, 0.4) is 0 Å². The Bertz CT molecular complexity index is 581. The molecule has 0 saturated heterocycles. The van der Waals surface area contributed by atoms with Gasteiger partial charge in [-0.2, -0.15) is 0 Å². The Morgan fingerprint density at radius 1 is 1.20 bits per heavy atom. The van der Waals surface area contributed by atoms with Crippen LogP contribution >= 0.6 is 0 Å². The molecular formula is C19H27NO5. The Kier molecular flexibility index (Phi) is 7.57. The van der Waals surface area contributed by atoms with Gasteiger partial charge in [0.25, 0.3) is 5.91 Å². The molecule has 1 N–H and O–H groups in total. The molecule has 1 fully saturated rings. The molecule has 138 valence electrons. The Labute approximate surface area is 148 Å². The molecule has 25 heavy (non-hydrogen) atoms. The van der Waals surface area contributed by atoms with Crippen molar-refractivity contribution < 1.29 is 23.8 Å². The quantitative estimate of drug-likeness (QED) is 0.548. The van der Waals surface area contributed by atoms with E-state index >= 15 is 0 Å². The third-order valence-corrected chi connectivity index (χ3v) is 4.21. The summed E-state index contributed by atoms with van der Waals surface area (Å²) in [6.07, 6.45) is 6.25. The van der Waals surface area contributed by atoms with E-state index in [0.717, 1.165) is 38.5 Å². The van der Waals surface area contributed by atoms with Gasteiger partial charge in [-0.15, -0.1) is 0 Å². The second-order valence-corrected chi connectivity index (χ2v) is 6.19. The monoisotopic (exact) mass is 349 g/mol. The van der Waals surface area contributed by atoms with Crippen LogP contribution in [0.4, 0.5) is 0 Å². The Morgan fingerprint density at radius 3 is 2.64 bits per heavy atom. The second-order valence-electron chi connectivity index (χ2n) is 6.19. The molecule has 1 aromatic rings. The summed E-state index contributed by atoms with van der Waals surface area (Å²) >= 11 is 0. The largest absolute Gasteiger partial charge is 0.493 e. The van der Waals surface area contributed by atoms with Gasteiger partial charge in [0.05, 0.1) is 19.3 Å². The zero-order valence-electron chi connectivity index (χ0n) is 15.0. The number of unbranched alkanes of at least 4 members (excludes halogenated alkanes) is 1. The van der Waals surface area contributed by atoms with Gasteiger partial charge in [-0.1, -0.05) is 26.2 Å². The summed E-state index contributed by atoms with van der Waals surface area (Å²) in [7, 11) is 1.52. The van der Waals surface area contributed by atoms with Crippen molar-refractivity contribution in [2.24, 2.45) is 0 Å². The first kappa shape index (κ1) is 19.1. The number of rotatable bonds is 9. The molecule has 0 spiro atoms. The maximum absolute atomic E-state index is 12.1. The SMILES string of the molecule is CCCCOc1ccc(C(=O)OCC(=O)NC2CCCC2)cc1OC. The zero-order chi connectivity index (χ0) is 18.1. The molecule has 1 aromatic carbocycles. The van der Waals surface area contributed by atoms with E-state index in [1.807, 2.05) is 0 Å². The van der Waals surface area contributed by atoms with E-state index in [0.29, 0.717) is 23.7 Å². The van der Waals surface area contributed by atoms with Gasteiger partial charge in [0, 0.05) is 6.04 Å². The number of esters is 1. The lowest BCUT2D eigenvalue weighted by Crippen LogP contribution is -2.35. The van der Waals surface area contributed by atoms with Crippen molar-refractivity contribution in [2.75, 3.05) is 20.3 Å². The summed E-state index contributed by atoms with van der Waals surface area (Å²) in [5.41, 5.74) is 0.327. The number of benzene rings is 1. The Morgan fingerprint density at radius 2 is 1.96 bits per heavy atom. The number of ether oxygens (including phenoxy) is 3. The molecule has 6 heteroatoms. The minimum atomic E-state index is -0.556. The average Bonchev–Trinajstić information content (AvgIpc) is 3.13. The standard InChI is InChI=1S/C19H27NO5/c1-3-4-11-24-16-10-9-14(12-17(16)23-2)19(22)25-13-18(21)20-15-7-5-6-8-15/h9-10,12,15H,3-8,11,13H2,1-2H3,(H,20,21). The van der Waals surface area contributed by atoms with Gasteiger partial charge >= 0.3 is 5.97 Å². The third kappa shape index (κ3) is 5.96. The number of nitrogens with one attached hydrogen (secondary N) is 1. The number of carbonyl (C=O) groups is 2. The first-order chi connectivity index (χ1) is 12.1. The molecule has 1 amide bonds. The molecule has 0 aliphatic heterocycles. The molecule has 1 aliphatic carbocycles. The fourth-order valence-electron chi connectivity index (χ4n) is 2.79. The molecule has 0 unspecified atom stereocenters. The Balaban J connectivity index is 1.86. The summed E-state index contributed by atoms with van der Waals surface area (Å²) in [6, 6.07) is 5.08. The minimum absolute atomic E-state index is 0.214. The lowest BCUT2D eigenvalue weighted by molar-refractivity contribution is -0.124. The molecule has 1 saturated carbocycles. The number of methoxy groups -OCH3 is 1. The van der Waals surface area contributed by atoms with Crippen LogP contribution in [-0.2, 0) is 9.53 Å². The second kappa shape index (κ2) is 9.91. The molecule has 2 rings (SSSR count). The van der Waals surface area contributed by atoms with Crippen LogP contribution in [0.2, 0.25) is 0 Å². The summed E-state index contributed by atoms with van der Waals surface area (Å²) in [5, 5.41) is 2.89. The molecule has 0 radical (unpaired) electrons. The van der Waals surface area contributed by atoms with E-state index in [4.69, 9.17) is 14.2 Å². The Hall–Kier alpha value is -2.24. The van der Waals surface area contributed by atoms with Gasteiger partial charge < -0.3 is 19.5 Å². The predicted molar refractivity (Wildman–Crippen MR) is 94.1 cm³/mol. The highest BCUT2D eigenvalue weighted by atomic mass is 16.5. The van der Waals surface area contributed by atoms with Crippen molar-refractivity contribution in [3.8, 4) is 11.5 Å². The highest BCUT2D eigenvalue weighted by Gasteiger charge is 2.18. The molecule has 0 bridgehead atoms. The number of amides is 1. The minimum Gasteiger partial charge on any atom is -0.493 e. The van der Waals surface area contributed by atoms with E-state index in [9.17, 15) is 9.59 Å². The fourth-order valence-corrected chi connectivity index (χ4v) is 2.79. The fraction of sp³-hybridized carbons (Fsp3) is 0.579. The van der Waals surface area contributed by atoms with Crippen LogP contribution in [0.1, 0.15) is 55.8 Å². The van der Waals surface area contributed by atoms with Gasteiger partial charge in [-0.25, -0.2) is 4.79 Å². The van der Waals surface area contributed by atoms with E-state index in [-0.39, 0.29) is 18.6 Å². The summed E-state index contributed by atoms with van der Waals surface area (Å²) in [4.78, 5) is 24.0. The van der Waals surface area contributed by atoms with Crippen molar-refractivity contribution in [3.05, 3.63) is 23.8 Å². The maximum Gasteiger partial charge on any atom is 0.338 e. The molecule has 0 heterocycles. The first-order valence-electron chi connectivity index (χ1n) is 8.91. The predicted octanol–water partition coefficient (Wildman–Crippen LogP) is 3.09. The van der Waals surface area contributed by atoms with Crippen LogP contribution in [0.5, 0.6) is 11.5 Å². The number of hydrogen-bond acceptors (Lipinski definition) is 5. The van der Waals surface area contributed by atoms with E-state index in [2.05, 4.69) is 12.2 Å². The summed E-state index contributed by atoms with van der Waals surface area (Å²) in [6.45, 7) is 2.41. The van der Waals surface area contributed by atoms with Crippen LogP contribution in [-0.4, -0.2) is 38.2 Å². The van der Waals surface area contributed by atoms with Crippen molar-refractivity contribution in [1.29, 1.82) is 0 Å². The maximum atomic E-state index is 12.1. The topological polar surface area (TPSA) is 73.9 Å². The van der Waals surface area contributed by atoms with Gasteiger partial charge in [0.15, 0.2) is 18.1 Å². The van der Waals surface area contributed by atoms with E-state index in [1.54, 1.807) is 18.2 Å². The van der Waals surface area contributed by atoms with Gasteiger partial charge in [-0.05, 0) is 37.5 Å². The normalized spacial score (nSPS) is 14.2. The summed E-state index contributed by atoms with van der Waals surface area (Å²) in [5.74, 6) is 0.249. The van der Waals surface area contributed by atoms with Gasteiger partial charge in [-0.3, -0.25) is 4.79 Å². The zero-order valence-corrected chi connectivity index (χ0v) is 15.0. The highest BCUT2D eigenvalue weighted by molar-refractivity contribution is 5.92. The average molecular weight is 349 g/mol. The van der Waals surface area contributed by atoms with Crippen LogP contribution in [0, 0.1) is 0 Å². The van der Waals surface area contributed by atoms with Crippen LogP contribution in [0.25, 0.3) is 0 Å². The molecule has 1 aliphatic rings. The molecular weight excluding hydrogens is 322 g/mol. The highest BCUT2D eigenvalue weighted by Crippen LogP contribution is 2.28. The smallest absolute Gasteiger partial charge is 0.338 e. The lowest BCUT2D eigenvalue weighted by Gasteiger charge is -2.13.